The number of aromatic nitrogens is 2. The first-order valence-corrected chi connectivity index (χ1v) is 8.18. The maximum absolute atomic E-state index is 12.9. The van der Waals surface area contributed by atoms with Crippen molar-refractivity contribution in [2.24, 2.45) is 5.14 Å². The van der Waals surface area contributed by atoms with Crippen LogP contribution < -0.4 is 10.5 Å². The highest BCUT2D eigenvalue weighted by Crippen LogP contribution is 2.23. The van der Waals surface area contributed by atoms with Crippen molar-refractivity contribution in [1.29, 1.82) is 0 Å². The van der Waals surface area contributed by atoms with E-state index in [9.17, 15) is 12.8 Å². The van der Waals surface area contributed by atoms with Gasteiger partial charge in [-0.15, -0.1) is 12.4 Å². The monoisotopic (exact) mass is 368 g/mol. The molecule has 0 atom stereocenters. The first-order valence-electron chi connectivity index (χ1n) is 6.63. The summed E-state index contributed by atoms with van der Waals surface area (Å²) in [6, 6.07) is 13.8. The molecule has 0 saturated carbocycles. The van der Waals surface area contributed by atoms with Crippen molar-refractivity contribution < 1.29 is 12.8 Å². The fraction of sp³-hybridized carbons (Fsp3) is 0. The molecule has 1 aromatic heterocycles. The summed E-state index contributed by atoms with van der Waals surface area (Å²) in [6.07, 6.45) is 0. The molecular weight excluding hydrogens is 355 g/mol. The Bertz CT molecular complexity index is 942. The van der Waals surface area contributed by atoms with Gasteiger partial charge >= 0.3 is 0 Å². The van der Waals surface area contributed by atoms with E-state index in [1.165, 1.54) is 24.3 Å². The molecule has 1 heterocycles. The number of H-pyrrole nitrogens is 1. The van der Waals surface area contributed by atoms with Gasteiger partial charge in [-0.2, -0.15) is 5.10 Å². The number of halogens is 2. The fourth-order valence-corrected chi connectivity index (χ4v) is 2.62. The molecule has 2 aromatic carbocycles. The van der Waals surface area contributed by atoms with E-state index in [-0.39, 0.29) is 23.1 Å². The Morgan fingerprint density at radius 2 is 1.79 bits per heavy atom. The first kappa shape index (κ1) is 17.9. The van der Waals surface area contributed by atoms with Gasteiger partial charge in [-0.3, -0.25) is 5.10 Å². The van der Waals surface area contributed by atoms with Gasteiger partial charge in [0.15, 0.2) is 5.82 Å². The molecule has 0 saturated heterocycles. The largest absolute Gasteiger partial charge is 0.339 e. The van der Waals surface area contributed by atoms with E-state index in [0.717, 1.165) is 5.56 Å². The van der Waals surface area contributed by atoms with E-state index >= 15 is 0 Å². The van der Waals surface area contributed by atoms with Gasteiger partial charge in [-0.05, 0) is 48.0 Å². The lowest BCUT2D eigenvalue weighted by atomic mass is 10.1. The molecule has 24 heavy (non-hydrogen) atoms. The molecule has 3 aromatic rings. The third-order valence-electron chi connectivity index (χ3n) is 3.17. The van der Waals surface area contributed by atoms with Gasteiger partial charge in [0.05, 0.1) is 10.6 Å². The molecule has 0 spiro atoms. The SMILES string of the molecule is Cl.NS(=O)(=O)c1cccc(Nc2cc(-c3ccc(F)cc3)[nH]n2)c1. The van der Waals surface area contributed by atoms with Gasteiger partial charge in [-0.25, -0.2) is 17.9 Å². The van der Waals surface area contributed by atoms with Gasteiger partial charge in [-0.1, -0.05) is 6.07 Å². The summed E-state index contributed by atoms with van der Waals surface area (Å²) in [6.45, 7) is 0. The lowest BCUT2D eigenvalue weighted by Gasteiger charge is -2.04. The Kier molecular flexibility index (Phi) is 5.23. The topological polar surface area (TPSA) is 101 Å². The molecule has 0 unspecified atom stereocenters. The molecule has 0 fully saturated rings. The Morgan fingerprint density at radius 3 is 2.46 bits per heavy atom. The van der Waals surface area contributed by atoms with Crippen molar-refractivity contribution in [1.82, 2.24) is 10.2 Å². The maximum atomic E-state index is 12.9. The van der Waals surface area contributed by atoms with Crippen molar-refractivity contribution in [3.63, 3.8) is 0 Å². The van der Waals surface area contributed by atoms with E-state index in [1.54, 1.807) is 30.3 Å². The molecule has 4 N–H and O–H groups in total. The van der Waals surface area contributed by atoms with Crippen LogP contribution in [0.15, 0.2) is 59.5 Å². The molecule has 0 aliphatic heterocycles. The van der Waals surface area contributed by atoms with E-state index in [1.807, 2.05) is 0 Å². The second-order valence-corrected chi connectivity index (χ2v) is 6.43. The Labute approximate surface area is 144 Å². The number of sulfonamides is 1. The molecule has 126 valence electrons. The Hall–Kier alpha value is -2.42. The molecule has 0 amide bonds. The first-order chi connectivity index (χ1) is 10.9. The average Bonchev–Trinajstić information content (AvgIpc) is 2.96. The molecule has 0 radical (unpaired) electrons. The van der Waals surface area contributed by atoms with Crippen LogP contribution in [0.2, 0.25) is 0 Å². The number of nitrogens with two attached hydrogens (primary N) is 1. The highest BCUT2D eigenvalue weighted by atomic mass is 35.5. The number of benzene rings is 2. The van der Waals surface area contributed by atoms with Crippen LogP contribution in [0.4, 0.5) is 15.9 Å². The minimum Gasteiger partial charge on any atom is -0.339 e. The maximum Gasteiger partial charge on any atom is 0.238 e. The van der Waals surface area contributed by atoms with Crippen LogP contribution in [0.5, 0.6) is 0 Å². The summed E-state index contributed by atoms with van der Waals surface area (Å²) in [7, 11) is -3.76. The molecule has 3 rings (SSSR count). The second-order valence-electron chi connectivity index (χ2n) is 4.87. The fourth-order valence-electron chi connectivity index (χ4n) is 2.06. The van der Waals surface area contributed by atoms with Crippen LogP contribution in [-0.2, 0) is 10.0 Å². The van der Waals surface area contributed by atoms with E-state index in [4.69, 9.17) is 5.14 Å². The number of hydrogen-bond donors (Lipinski definition) is 3. The van der Waals surface area contributed by atoms with Crippen LogP contribution >= 0.6 is 12.4 Å². The van der Waals surface area contributed by atoms with Crippen molar-refractivity contribution >= 4 is 33.9 Å². The second kappa shape index (κ2) is 7.00. The van der Waals surface area contributed by atoms with Gasteiger partial charge in [0.1, 0.15) is 5.82 Å². The van der Waals surface area contributed by atoms with Crippen molar-refractivity contribution in [3.8, 4) is 11.3 Å². The number of hydrogen-bond acceptors (Lipinski definition) is 4. The number of rotatable bonds is 4. The summed E-state index contributed by atoms with van der Waals surface area (Å²) in [5.41, 5.74) is 2.02. The minimum atomic E-state index is -3.76. The van der Waals surface area contributed by atoms with Crippen LogP contribution in [-0.4, -0.2) is 18.6 Å². The standard InChI is InChI=1S/C15H13FN4O2S.ClH/c16-11-6-4-10(5-7-11)14-9-15(20-19-14)18-12-2-1-3-13(8-12)23(17,21)22;/h1-9H,(H2,17,21,22)(H2,18,19,20);1H. The molecule has 0 aliphatic carbocycles. The van der Waals surface area contributed by atoms with Crippen LogP contribution in [0.1, 0.15) is 0 Å². The zero-order chi connectivity index (χ0) is 16.4. The highest BCUT2D eigenvalue weighted by molar-refractivity contribution is 7.89. The smallest absolute Gasteiger partial charge is 0.238 e. The summed E-state index contributed by atoms with van der Waals surface area (Å²) in [4.78, 5) is 0.0109. The molecule has 0 bridgehead atoms. The third kappa shape index (κ3) is 4.10. The lowest BCUT2D eigenvalue weighted by molar-refractivity contribution is 0.598. The van der Waals surface area contributed by atoms with Crippen molar-refractivity contribution in [3.05, 3.63) is 60.4 Å². The summed E-state index contributed by atoms with van der Waals surface area (Å²) < 4.78 is 35.6. The van der Waals surface area contributed by atoms with E-state index in [2.05, 4.69) is 15.5 Å². The number of nitrogens with zero attached hydrogens (tertiary/aromatic N) is 1. The molecule has 6 nitrogen and oxygen atoms in total. The van der Waals surface area contributed by atoms with E-state index in [0.29, 0.717) is 17.2 Å². The quantitative estimate of drug-likeness (QED) is 0.658. The van der Waals surface area contributed by atoms with Crippen LogP contribution in [0.25, 0.3) is 11.3 Å². The highest BCUT2D eigenvalue weighted by Gasteiger charge is 2.09. The number of primary sulfonamides is 1. The Balaban J connectivity index is 0.00000208. The third-order valence-corrected chi connectivity index (χ3v) is 4.08. The number of anilines is 2. The predicted octanol–water partition coefficient (Wildman–Crippen LogP) is 3.03. The zero-order valence-electron chi connectivity index (χ0n) is 12.2. The van der Waals surface area contributed by atoms with Gasteiger partial charge in [0.25, 0.3) is 0 Å². The molecular formula is C15H14ClFN4O2S. The normalized spacial score (nSPS) is 10.9. The number of aromatic amines is 1. The van der Waals surface area contributed by atoms with Crippen molar-refractivity contribution in [2.75, 3.05) is 5.32 Å². The molecule has 0 aliphatic rings. The minimum absolute atomic E-state index is 0. The summed E-state index contributed by atoms with van der Waals surface area (Å²) in [5, 5.41) is 15.0. The number of nitrogens with one attached hydrogen (secondary N) is 2. The summed E-state index contributed by atoms with van der Waals surface area (Å²) >= 11 is 0. The predicted molar refractivity (Wildman–Crippen MR) is 92.3 cm³/mol. The van der Waals surface area contributed by atoms with E-state index < -0.39 is 10.0 Å². The van der Waals surface area contributed by atoms with Gasteiger partial charge < -0.3 is 5.32 Å². The van der Waals surface area contributed by atoms with Crippen molar-refractivity contribution in [2.45, 2.75) is 4.90 Å². The lowest BCUT2D eigenvalue weighted by Crippen LogP contribution is -2.12. The zero-order valence-corrected chi connectivity index (χ0v) is 13.9. The van der Waals surface area contributed by atoms with Crippen LogP contribution in [0, 0.1) is 5.82 Å². The molecule has 9 heteroatoms. The summed E-state index contributed by atoms with van der Waals surface area (Å²) in [5.74, 6) is 0.183. The Morgan fingerprint density at radius 1 is 1.08 bits per heavy atom. The van der Waals surface area contributed by atoms with Gasteiger partial charge in [0.2, 0.25) is 10.0 Å². The van der Waals surface area contributed by atoms with Crippen LogP contribution in [0.3, 0.4) is 0 Å². The average molecular weight is 369 g/mol. The van der Waals surface area contributed by atoms with Gasteiger partial charge in [0, 0.05) is 11.8 Å².